The second-order valence-electron chi connectivity index (χ2n) is 7.79. The van der Waals surface area contributed by atoms with E-state index in [-0.39, 0.29) is 11.0 Å². The molecule has 3 rings (SSSR count). The van der Waals surface area contributed by atoms with E-state index in [0.717, 1.165) is 28.3 Å². The van der Waals surface area contributed by atoms with Crippen LogP contribution in [0.5, 0.6) is 0 Å². The molecule has 0 aliphatic rings. The van der Waals surface area contributed by atoms with E-state index in [4.69, 9.17) is 5.10 Å². The molecule has 2 aromatic carbocycles. The summed E-state index contributed by atoms with van der Waals surface area (Å²) in [6.45, 7) is 10.4. The third-order valence-electron chi connectivity index (χ3n) is 4.55. The fraction of sp³-hybridized carbons (Fsp3) is 0.273. The summed E-state index contributed by atoms with van der Waals surface area (Å²) >= 11 is 0. The second-order valence-corrected chi connectivity index (χ2v) is 7.79. The van der Waals surface area contributed by atoms with E-state index in [1.807, 2.05) is 22.9 Å². The number of para-hydroxylation sites is 2. The van der Waals surface area contributed by atoms with Gasteiger partial charge in [-0.3, -0.25) is 0 Å². The molecule has 0 aliphatic heterocycles. The maximum Gasteiger partial charge on any atom is 0.337 e. The number of anilines is 2. The molecule has 0 aliphatic carbocycles. The lowest BCUT2D eigenvalue weighted by atomic mass is 9.92. The highest BCUT2D eigenvalue weighted by Crippen LogP contribution is 2.31. The first-order valence-electron chi connectivity index (χ1n) is 8.95. The number of nitrogens with one attached hydrogen (secondary N) is 1. The van der Waals surface area contributed by atoms with Crippen molar-refractivity contribution in [2.75, 3.05) is 5.32 Å². The van der Waals surface area contributed by atoms with Crippen molar-refractivity contribution in [1.29, 1.82) is 0 Å². The number of nitrogens with zero attached hydrogens (tertiary/aromatic N) is 2. The van der Waals surface area contributed by atoms with Gasteiger partial charge in [-0.05, 0) is 37.1 Å². The number of benzene rings is 2. The molecule has 3 aromatic rings. The molecule has 0 radical (unpaired) electrons. The van der Waals surface area contributed by atoms with Crippen LogP contribution in [0.3, 0.4) is 0 Å². The lowest BCUT2D eigenvalue weighted by Crippen LogP contribution is -2.13. The van der Waals surface area contributed by atoms with E-state index in [0.29, 0.717) is 5.69 Å². The predicted octanol–water partition coefficient (Wildman–Crippen LogP) is 5.23. The minimum absolute atomic E-state index is 0.134. The van der Waals surface area contributed by atoms with Crippen LogP contribution >= 0.6 is 0 Å². The number of hydrogen-bond acceptors (Lipinski definition) is 3. The molecule has 1 aromatic heterocycles. The van der Waals surface area contributed by atoms with Crippen molar-refractivity contribution >= 4 is 17.5 Å². The minimum Gasteiger partial charge on any atom is -0.478 e. The lowest BCUT2D eigenvalue weighted by molar-refractivity contribution is 0.0698. The van der Waals surface area contributed by atoms with Gasteiger partial charge < -0.3 is 10.4 Å². The van der Waals surface area contributed by atoms with Gasteiger partial charge in [0.15, 0.2) is 0 Å². The van der Waals surface area contributed by atoms with Gasteiger partial charge in [0, 0.05) is 11.5 Å². The van der Waals surface area contributed by atoms with Crippen LogP contribution < -0.4 is 5.32 Å². The fourth-order valence-corrected chi connectivity index (χ4v) is 3.06. The van der Waals surface area contributed by atoms with Crippen LogP contribution in [0, 0.1) is 13.8 Å². The van der Waals surface area contributed by atoms with E-state index in [9.17, 15) is 9.90 Å². The number of carboxylic acids is 1. The van der Waals surface area contributed by atoms with Crippen molar-refractivity contribution in [3.8, 4) is 5.69 Å². The highest BCUT2D eigenvalue weighted by atomic mass is 16.4. The van der Waals surface area contributed by atoms with E-state index in [1.54, 1.807) is 18.2 Å². The molecule has 0 spiro atoms. The van der Waals surface area contributed by atoms with E-state index >= 15 is 0 Å². The number of aromatic nitrogens is 2. The normalized spacial score (nSPS) is 11.4. The first kappa shape index (κ1) is 18.7. The highest BCUT2D eigenvalue weighted by Gasteiger charge is 2.22. The molecule has 0 fully saturated rings. The predicted molar refractivity (Wildman–Crippen MR) is 108 cm³/mol. The largest absolute Gasteiger partial charge is 0.478 e. The quantitative estimate of drug-likeness (QED) is 0.666. The van der Waals surface area contributed by atoms with Crippen molar-refractivity contribution in [2.24, 2.45) is 0 Å². The van der Waals surface area contributed by atoms with Gasteiger partial charge in [0.2, 0.25) is 0 Å². The minimum atomic E-state index is -0.965. The van der Waals surface area contributed by atoms with Crippen molar-refractivity contribution in [3.63, 3.8) is 0 Å². The summed E-state index contributed by atoms with van der Waals surface area (Å²) < 4.78 is 1.88. The SMILES string of the molecule is Cc1cccc(C)c1-n1nc(C(C)(C)C)cc1Nc1ccccc1C(=O)O. The molecule has 0 saturated carbocycles. The Morgan fingerprint density at radius 3 is 2.26 bits per heavy atom. The fourth-order valence-electron chi connectivity index (χ4n) is 3.06. The summed E-state index contributed by atoms with van der Waals surface area (Å²) in [4.78, 5) is 11.6. The molecule has 140 valence electrons. The Morgan fingerprint density at radius 2 is 1.67 bits per heavy atom. The summed E-state index contributed by atoms with van der Waals surface area (Å²) in [6.07, 6.45) is 0. The van der Waals surface area contributed by atoms with Gasteiger partial charge in [0.1, 0.15) is 5.82 Å². The number of carbonyl (C=O) groups is 1. The zero-order chi connectivity index (χ0) is 19.8. The van der Waals surface area contributed by atoms with Gasteiger partial charge in [0.25, 0.3) is 0 Å². The number of hydrogen-bond donors (Lipinski definition) is 2. The van der Waals surface area contributed by atoms with Crippen LogP contribution in [-0.2, 0) is 5.41 Å². The molecule has 0 unspecified atom stereocenters. The Morgan fingerprint density at radius 1 is 1.04 bits per heavy atom. The van der Waals surface area contributed by atoms with E-state index in [1.165, 1.54) is 0 Å². The van der Waals surface area contributed by atoms with Crippen molar-refractivity contribution in [1.82, 2.24) is 9.78 Å². The molecule has 0 saturated heterocycles. The van der Waals surface area contributed by atoms with E-state index < -0.39 is 5.97 Å². The van der Waals surface area contributed by atoms with Crippen LogP contribution in [0.1, 0.15) is 48.0 Å². The van der Waals surface area contributed by atoms with Crippen LogP contribution in [-0.4, -0.2) is 20.9 Å². The van der Waals surface area contributed by atoms with Crippen molar-refractivity contribution in [2.45, 2.75) is 40.0 Å². The van der Waals surface area contributed by atoms with Gasteiger partial charge in [0.05, 0.1) is 22.6 Å². The van der Waals surface area contributed by atoms with Crippen molar-refractivity contribution < 1.29 is 9.90 Å². The number of carboxylic acid groups (broad SMARTS) is 1. The number of aryl methyl sites for hydroxylation is 2. The molecule has 27 heavy (non-hydrogen) atoms. The molecule has 1 heterocycles. The van der Waals surface area contributed by atoms with E-state index in [2.05, 4.69) is 52.1 Å². The Balaban J connectivity index is 2.18. The standard InChI is InChI=1S/C22H25N3O2/c1-14-9-8-10-15(2)20(14)25-19(13-18(24-25)22(3,4)5)23-17-12-7-6-11-16(17)21(26)27/h6-13,23H,1-5H3,(H,26,27). The van der Waals surface area contributed by atoms with Gasteiger partial charge >= 0.3 is 5.97 Å². The summed E-state index contributed by atoms with van der Waals surface area (Å²) in [7, 11) is 0. The Labute approximate surface area is 159 Å². The molecule has 5 heteroatoms. The topological polar surface area (TPSA) is 67.2 Å². The number of rotatable bonds is 4. The first-order valence-corrected chi connectivity index (χ1v) is 8.95. The molecular weight excluding hydrogens is 338 g/mol. The zero-order valence-electron chi connectivity index (χ0n) is 16.4. The second kappa shape index (κ2) is 6.91. The highest BCUT2D eigenvalue weighted by molar-refractivity contribution is 5.95. The Kier molecular flexibility index (Phi) is 4.79. The third-order valence-corrected chi connectivity index (χ3v) is 4.55. The summed E-state index contributed by atoms with van der Waals surface area (Å²) in [6, 6.07) is 15.0. The maximum atomic E-state index is 11.6. The van der Waals surface area contributed by atoms with Crippen LogP contribution in [0.15, 0.2) is 48.5 Å². The van der Waals surface area contributed by atoms with Crippen LogP contribution in [0.4, 0.5) is 11.5 Å². The third kappa shape index (κ3) is 3.72. The smallest absolute Gasteiger partial charge is 0.337 e. The maximum absolute atomic E-state index is 11.6. The first-order chi connectivity index (χ1) is 12.7. The zero-order valence-corrected chi connectivity index (χ0v) is 16.4. The Hall–Kier alpha value is -3.08. The summed E-state index contributed by atoms with van der Waals surface area (Å²) in [5, 5.41) is 17.6. The molecule has 5 nitrogen and oxygen atoms in total. The molecule has 0 atom stereocenters. The van der Waals surface area contributed by atoms with Crippen LogP contribution in [0.2, 0.25) is 0 Å². The molecule has 0 amide bonds. The lowest BCUT2D eigenvalue weighted by Gasteiger charge is -2.16. The van der Waals surface area contributed by atoms with Crippen molar-refractivity contribution in [3.05, 3.63) is 70.9 Å². The monoisotopic (exact) mass is 363 g/mol. The molecule has 2 N–H and O–H groups in total. The molecule has 0 bridgehead atoms. The average Bonchev–Trinajstić information content (AvgIpc) is 2.99. The average molecular weight is 363 g/mol. The molecular formula is C22H25N3O2. The van der Waals surface area contributed by atoms with Gasteiger partial charge in [-0.15, -0.1) is 0 Å². The van der Waals surface area contributed by atoms with Crippen LogP contribution in [0.25, 0.3) is 5.69 Å². The van der Waals surface area contributed by atoms with Gasteiger partial charge in [-0.2, -0.15) is 5.10 Å². The summed E-state index contributed by atoms with van der Waals surface area (Å²) in [5.74, 6) is -0.224. The van der Waals surface area contributed by atoms with Gasteiger partial charge in [-0.1, -0.05) is 51.1 Å². The Bertz CT molecular complexity index is 977. The number of aromatic carboxylic acids is 1. The summed E-state index contributed by atoms with van der Waals surface area (Å²) in [5.41, 5.74) is 4.77. The van der Waals surface area contributed by atoms with Gasteiger partial charge in [-0.25, -0.2) is 9.48 Å².